The van der Waals surface area contributed by atoms with Crippen LogP contribution in [0.3, 0.4) is 0 Å². The lowest BCUT2D eigenvalue weighted by Crippen LogP contribution is -2.00. The molecule has 0 bridgehead atoms. The van der Waals surface area contributed by atoms with E-state index in [0.29, 0.717) is 5.75 Å². The average Bonchev–Trinajstić information content (AvgIpc) is 2.17. The average molecular weight is 230 g/mol. The van der Waals surface area contributed by atoms with Crippen molar-refractivity contribution in [3.05, 3.63) is 24.3 Å². The van der Waals surface area contributed by atoms with Gasteiger partial charge in [0, 0.05) is 28.4 Å². The highest BCUT2D eigenvalue weighted by Crippen LogP contribution is 1.97. The highest BCUT2D eigenvalue weighted by molar-refractivity contribution is 7.85. The van der Waals surface area contributed by atoms with E-state index in [9.17, 15) is 9.00 Å². The third-order valence-corrected chi connectivity index (χ3v) is 3.05. The van der Waals surface area contributed by atoms with Crippen molar-refractivity contribution in [2.75, 3.05) is 11.5 Å². The molecule has 0 saturated carbocycles. The first-order valence-corrected chi connectivity index (χ1v) is 6.56. The molecule has 0 spiro atoms. The molecule has 1 unspecified atom stereocenters. The zero-order chi connectivity index (χ0) is 11.5. The summed E-state index contributed by atoms with van der Waals surface area (Å²) >= 11 is 0. The lowest BCUT2D eigenvalue weighted by atomic mass is 10.3. The molecule has 0 rings (SSSR count). The van der Waals surface area contributed by atoms with Gasteiger partial charge in [-0.15, -0.1) is 0 Å². The summed E-state index contributed by atoms with van der Waals surface area (Å²) in [6.07, 6.45) is 9.10. The number of unbranched alkanes of at least 4 members (excludes halogenated alkanes) is 2. The normalized spacial score (nSPS) is 13.7. The van der Waals surface area contributed by atoms with Crippen molar-refractivity contribution in [2.24, 2.45) is 0 Å². The second-order valence-electron chi connectivity index (χ2n) is 3.14. The van der Waals surface area contributed by atoms with E-state index in [1.54, 1.807) is 12.2 Å². The Morgan fingerprint density at radius 2 is 2.07 bits per heavy atom. The molecule has 0 aliphatic carbocycles. The van der Waals surface area contributed by atoms with Crippen LogP contribution in [0.5, 0.6) is 0 Å². The van der Waals surface area contributed by atoms with E-state index < -0.39 is 16.8 Å². The summed E-state index contributed by atoms with van der Waals surface area (Å²) in [4.78, 5) is 10.1. The minimum absolute atomic E-state index is 0.508. The second kappa shape index (κ2) is 9.65. The molecule has 0 aromatic rings. The summed E-state index contributed by atoms with van der Waals surface area (Å²) in [6.45, 7) is 2.11. The van der Waals surface area contributed by atoms with Crippen molar-refractivity contribution in [1.29, 1.82) is 0 Å². The van der Waals surface area contributed by atoms with Gasteiger partial charge < -0.3 is 5.11 Å². The highest BCUT2D eigenvalue weighted by Gasteiger charge is 1.95. The molecule has 0 aromatic carbocycles. The van der Waals surface area contributed by atoms with Gasteiger partial charge in [-0.25, -0.2) is 4.79 Å². The number of carboxylic acids is 1. The minimum atomic E-state index is -0.969. The van der Waals surface area contributed by atoms with Gasteiger partial charge in [0.15, 0.2) is 0 Å². The molecule has 0 aliphatic rings. The maximum absolute atomic E-state index is 11.3. The van der Waals surface area contributed by atoms with E-state index >= 15 is 0 Å². The van der Waals surface area contributed by atoms with Gasteiger partial charge in [-0.05, 0) is 6.42 Å². The third-order valence-electron chi connectivity index (χ3n) is 1.74. The predicted molar refractivity (Wildman–Crippen MR) is 63.3 cm³/mol. The summed E-state index contributed by atoms with van der Waals surface area (Å²) in [6, 6.07) is 0. The Kier molecular flexibility index (Phi) is 9.07. The molecule has 0 heterocycles. The lowest BCUT2D eigenvalue weighted by Gasteiger charge is -1.96. The van der Waals surface area contributed by atoms with Crippen molar-refractivity contribution in [3.63, 3.8) is 0 Å². The zero-order valence-corrected chi connectivity index (χ0v) is 9.83. The molecule has 15 heavy (non-hydrogen) atoms. The molecule has 0 aliphatic heterocycles. The molecular weight excluding hydrogens is 212 g/mol. The van der Waals surface area contributed by atoms with Gasteiger partial charge in [0.1, 0.15) is 0 Å². The van der Waals surface area contributed by atoms with Crippen LogP contribution in [-0.2, 0) is 15.6 Å². The predicted octanol–water partition coefficient (Wildman–Crippen LogP) is 2.12. The van der Waals surface area contributed by atoms with Crippen molar-refractivity contribution in [3.8, 4) is 0 Å². The summed E-state index contributed by atoms with van der Waals surface area (Å²) in [5.74, 6) is 0.276. The standard InChI is InChI=1S/C11H18O3S/c1-2-3-6-9-15(14)10-7-4-5-8-11(12)13/h4-5,7-8H,2-3,6,9-10H2,1H3,(H,12,13). The van der Waals surface area contributed by atoms with E-state index in [1.165, 1.54) is 6.08 Å². The lowest BCUT2D eigenvalue weighted by molar-refractivity contribution is -0.131. The number of hydrogen-bond donors (Lipinski definition) is 1. The fourth-order valence-electron chi connectivity index (χ4n) is 0.976. The van der Waals surface area contributed by atoms with Crippen molar-refractivity contribution < 1.29 is 14.1 Å². The van der Waals surface area contributed by atoms with E-state index in [4.69, 9.17) is 5.11 Å². The van der Waals surface area contributed by atoms with Crippen molar-refractivity contribution in [2.45, 2.75) is 26.2 Å². The van der Waals surface area contributed by atoms with Crippen LogP contribution in [0.2, 0.25) is 0 Å². The Bertz CT molecular complexity index is 257. The monoisotopic (exact) mass is 230 g/mol. The largest absolute Gasteiger partial charge is 0.478 e. The third kappa shape index (κ3) is 11.0. The van der Waals surface area contributed by atoms with E-state index in [1.807, 2.05) is 0 Å². The van der Waals surface area contributed by atoms with Gasteiger partial charge in [0.2, 0.25) is 0 Å². The Morgan fingerprint density at radius 3 is 2.67 bits per heavy atom. The molecule has 0 radical (unpaired) electrons. The van der Waals surface area contributed by atoms with Gasteiger partial charge in [-0.3, -0.25) is 4.21 Å². The zero-order valence-electron chi connectivity index (χ0n) is 9.02. The first-order valence-electron chi connectivity index (χ1n) is 5.08. The second-order valence-corrected chi connectivity index (χ2v) is 4.76. The SMILES string of the molecule is CCCCCS(=O)CC=CC=CC(=O)O. The topological polar surface area (TPSA) is 54.4 Å². The molecule has 86 valence electrons. The molecule has 0 fully saturated rings. The van der Waals surface area contributed by atoms with Crippen LogP contribution in [0.4, 0.5) is 0 Å². The maximum Gasteiger partial charge on any atom is 0.328 e. The summed E-state index contributed by atoms with van der Waals surface area (Å²) in [5.41, 5.74) is 0. The smallest absolute Gasteiger partial charge is 0.328 e. The molecule has 0 amide bonds. The summed E-state index contributed by atoms with van der Waals surface area (Å²) in [5, 5.41) is 8.28. The molecular formula is C11H18O3S. The number of carboxylic acid groups (broad SMARTS) is 1. The Labute approximate surface area is 93.3 Å². The number of allylic oxidation sites excluding steroid dienone is 2. The highest BCUT2D eigenvalue weighted by atomic mass is 32.2. The quantitative estimate of drug-likeness (QED) is 0.395. The molecule has 1 atom stereocenters. The van der Waals surface area contributed by atoms with E-state index in [2.05, 4.69) is 6.92 Å². The Hall–Kier alpha value is -0.900. The van der Waals surface area contributed by atoms with Crippen LogP contribution < -0.4 is 0 Å². The minimum Gasteiger partial charge on any atom is -0.478 e. The number of hydrogen-bond acceptors (Lipinski definition) is 2. The van der Waals surface area contributed by atoms with Crippen LogP contribution >= 0.6 is 0 Å². The Morgan fingerprint density at radius 1 is 1.33 bits per heavy atom. The molecule has 3 nitrogen and oxygen atoms in total. The summed E-state index contributed by atoms with van der Waals surface area (Å²) in [7, 11) is -0.804. The van der Waals surface area contributed by atoms with Gasteiger partial charge in [-0.2, -0.15) is 0 Å². The van der Waals surface area contributed by atoms with Gasteiger partial charge in [-0.1, -0.05) is 38.0 Å². The fourth-order valence-corrected chi connectivity index (χ4v) is 1.99. The summed E-state index contributed by atoms with van der Waals surface area (Å²) < 4.78 is 11.3. The van der Waals surface area contributed by atoms with E-state index in [0.717, 1.165) is 31.1 Å². The molecule has 1 N–H and O–H groups in total. The maximum atomic E-state index is 11.3. The van der Waals surface area contributed by atoms with Crippen molar-refractivity contribution >= 4 is 16.8 Å². The molecule has 0 aromatic heterocycles. The first-order chi connectivity index (χ1) is 7.16. The van der Waals surface area contributed by atoms with Crippen LogP contribution in [0.25, 0.3) is 0 Å². The fraction of sp³-hybridized carbons (Fsp3) is 0.545. The van der Waals surface area contributed by atoms with Crippen LogP contribution in [0.15, 0.2) is 24.3 Å². The van der Waals surface area contributed by atoms with Crippen LogP contribution in [0, 0.1) is 0 Å². The number of carbonyl (C=O) groups is 1. The van der Waals surface area contributed by atoms with Crippen LogP contribution in [0.1, 0.15) is 26.2 Å². The van der Waals surface area contributed by atoms with Gasteiger partial charge in [0.25, 0.3) is 0 Å². The number of rotatable bonds is 8. The van der Waals surface area contributed by atoms with E-state index in [-0.39, 0.29) is 0 Å². The van der Waals surface area contributed by atoms with Gasteiger partial charge >= 0.3 is 5.97 Å². The van der Waals surface area contributed by atoms with Gasteiger partial charge in [0.05, 0.1) is 0 Å². The first kappa shape index (κ1) is 14.1. The molecule has 0 saturated heterocycles. The van der Waals surface area contributed by atoms with Crippen molar-refractivity contribution in [1.82, 2.24) is 0 Å². The number of aliphatic carboxylic acids is 1. The van der Waals surface area contributed by atoms with Crippen LogP contribution in [-0.4, -0.2) is 26.8 Å². The molecule has 4 heteroatoms. The Balaban J connectivity index is 3.57.